The van der Waals surface area contributed by atoms with E-state index in [1.165, 1.54) is 32.4 Å². The van der Waals surface area contributed by atoms with Crippen molar-refractivity contribution in [3.05, 3.63) is 47.7 Å². The number of carbonyl (C=O) groups is 2. The second-order valence-electron chi connectivity index (χ2n) is 6.18. The van der Waals surface area contributed by atoms with Crippen LogP contribution in [0.3, 0.4) is 0 Å². The molecule has 1 fully saturated rings. The molecule has 2 aromatic rings. The monoisotopic (exact) mass is 354 g/mol. The first-order valence-corrected chi connectivity index (χ1v) is 8.68. The van der Waals surface area contributed by atoms with Gasteiger partial charge in [0.1, 0.15) is 5.76 Å². The third kappa shape index (κ3) is 4.72. The van der Waals surface area contributed by atoms with Gasteiger partial charge in [0.15, 0.2) is 5.88 Å². The first-order valence-electron chi connectivity index (χ1n) is 8.68. The van der Waals surface area contributed by atoms with Crippen LogP contribution < -0.4 is 15.6 Å². The summed E-state index contributed by atoms with van der Waals surface area (Å²) < 4.78 is 5.75. The Bertz CT molecular complexity index is 807. The van der Waals surface area contributed by atoms with Crippen molar-refractivity contribution in [1.82, 2.24) is 5.43 Å². The van der Waals surface area contributed by atoms with E-state index in [2.05, 4.69) is 20.7 Å². The van der Waals surface area contributed by atoms with Gasteiger partial charge in [0.25, 0.3) is 5.91 Å². The molecule has 7 nitrogen and oxygen atoms in total. The number of nitrogens with one attached hydrogen (secondary N) is 2. The van der Waals surface area contributed by atoms with Gasteiger partial charge in [-0.1, -0.05) is 6.07 Å². The first-order chi connectivity index (χ1) is 12.6. The lowest BCUT2D eigenvalue weighted by molar-refractivity contribution is -0.114. The Morgan fingerprint density at radius 2 is 1.96 bits per heavy atom. The van der Waals surface area contributed by atoms with Crippen LogP contribution in [-0.2, 0) is 4.79 Å². The van der Waals surface area contributed by atoms with Crippen molar-refractivity contribution in [2.45, 2.75) is 26.2 Å². The second-order valence-corrected chi connectivity index (χ2v) is 6.18. The molecule has 7 heteroatoms. The minimum absolute atomic E-state index is 0.192. The minimum Gasteiger partial charge on any atom is -0.440 e. The van der Waals surface area contributed by atoms with Gasteiger partial charge in [0.2, 0.25) is 5.91 Å². The van der Waals surface area contributed by atoms with E-state index in [9.17, 15) is 9.59 Å². The smallest absolute Gasteiger partial charge is 0.271 e. The predicted molar refractivity (Wildman–Crippen MR) is 101 cm³/mol. The molecule has 0 radical (unpaired) electrons. The van der Waals surface area contributed by atoms with Gasteiger partial charge >= 0.3 is 0 Å². The maximum absolute atomic E-state index is 12.1. The van der Waals surface area contributed by atoms with Gasteiger partial charge in [-0.15, -0.1) is 0 Å². The Hall–Kier alpha value is -3.09. The number of piperidine rings is 1. The molecule has 2 heterocycles. The molecule has 0 spiro atoms. The number of amides is 2. The third-order valence-corrected chi connectivity index (χ3v) is 4.08. The van der Waals surface area contributed by atoms with Crippen molar-refractivity contribution in [2.24, 2.45) is 5.10 Å². The van der Waals surface area contributed by atoms with Crippen LogP contribution >= 0.6 is 0 Å². The molecule has 2 amide bonds. The number of nitrogens with zero attached hydrogens (tertiary/aromatic N) is 2. The van der Waals surface area contributed by atoms with Gasteiger partial charge in [-0.05, 0) is 43.5 Å². The third-order valence-electron chi connectivity index (χ3n) is 4.08. The summed E-state index contributed by atoms with van der Waals surface area (Å²) in [4.78, 5) is 25.5. The van der Waals surface area contributed by atoms with E-state index in [0.717, 1.165) is 19.0 Å². The number of rotatable bonds is 5. The summed E-state index contributed by atoms with van der Waals surface area (Å²) in [5.41, 5.74) is 3.43. The number of hydrogen-bond donors (Lipinski definition) is 2. The molecule has 1 aromatic carbocycles. The molecule has 2 N–H and O–H groups in total. The Kier molecular flexibility index (Phi) is 5.68. The Balaban J connectivity index is 1.57. The topological polar surface area (TPSA) is 86.9 Å². The van der Waals surface area contributed by atoms with Crippen molar-refractivity contribution < 1.29 is 14.0 Å². The van der Waals surface area contributed by atoms with Gasteiger partial charge in [0, 0.05) is 37.3 Å². The van der Waals surface area contributed by atoms with E-state index in [-0.39, 0.29) is 11.8 Å². The van der Waals surface area contributed by atoms with Gasteiger partial charge in [-0.3, -0.25) is 9.59 Å². The molecule has 136 valence electrons. The van der Waals surface area contributed by atoms with Crippen LogP contribution in [0.1, 0.15) is 42.3 Å². The summed E-state index contributed by atoms with van der Waals surface area (Å²) in [6.45, 7) is 3.43. The zero-order valence-corrected chi connectivity index (χ0v) is 14.7. The van der Waals surface area contributed by atoms with Gasteiger partial charge in [-0.2, -0.15) is 5.10 Å². The lowest BCUT2D eigenvalue weighted by atomic mass is 10.1. The van der Waals surface area contributed by atoms with Crippen LogP contribution in [-0.4, -0.2) is 31.1 Å². The fourth-order valence-corrected chi connectivity index (χ4v) is 2.86. The zero-order valence-electron chi connectivity index (χ0n) is 14.7. The van der Waals surface area contributed by atoms with Crippen molar-refractivity contribution in [1.29, 1.82) is 0 Å². The first kappa shape index (κ1) is 17.7. The SMILES string of the molecule is CC(=O)Nc1cccc(C(=O)NN=Cc2ccc(N3CCCCC3)o2)c1. The largest absolute Gasteiger partial charge is 0.440 e. The second kappa shape index (κ2) is 8.33. The van der Waals surface area contributed by atoms with E-state index in [1.807, 2.05) is 12.1 Å². The highest BCUT2D eigenvalue weighted by Crippen LogP contribution is 2.21. The van der Waals surface area contributed by atoms with Crippen LogP contribution in [0.5, 0.6) is 0 Å². The summed E-state index contributed by atoms with van der Waals surface area (Å²) in [6, 6.07) is 10.4. The fraction of sp³-hybridized carbons (Fsp3) is 0.316. The highest BCUT2D eigenvalue weighted by Gasteiger charge is 2.13. The molecule has 0 bridgehead atoms. The standard InChI is InChI=1S/C19H22N4O3/c1-14(24)21-16-7-5-6-15(12-16)19(25)22-20-13-17-8-9-18(26-17)23-10-3-2-4-11-23/h5-9,12-13H,2-4,10-11H2,1H3,(H,21,24)(H,22,25). The summed E-state index contributed by atoms with van der Waals surface area (Å²) in [6.07, 6.45) is 5.10. The van der Waals surface area contributed by atoms with E-state index >= 15 is 0 Å². The Labute approximate surface area is 152 Å². The van der Waals surface area contributed by atoms with Crippen molar-refractivity contribution in [2.75, 3.05) is 23.3 Å². The number of furan rings is 1. The average molecular weight is 354 g/mol. The summed E-state index contributed by atoms with van der Waals surface area (Å²) in [5.74, 6) is 0.859. The number of benzene rings is 1. The Morgan fingerprint density at radius 1 is 1.15 bits per heavy atom. The highest BCUT2D eigenvalue weighted by molar-refractivity contribution is 5.97. The molecule has 1 aliphatic rings. The average Bonchev–Trinajstić information content (AvgIpc) is 3.11. The van der Waals surface area contributed by atoms with Gasteiger partial charge < -0.3 is 14.6 Å². The predicted octanol–water partition coefficient (Wildman–Crippen LogP) is 2.99. The normalized spacial score (nSPS) is 14.4. The number of hydrazone groups is 1. The fourth-order valence-electron chi connectivity index (χ4n) is 2.86. The molecule has 3 rings (SSSR count). The van der Waals surface area contributed by atoms with Crippen LogP contribution in [0.15, 0.2) is 45.9 Å². The van der Waals surface area contributed by atoms with Crippen LogP contribution in [0, 0.1) is 0 Å². The number of carbonyl (C=O) groups excluding carboxylic acids is 2. The molecule has 0 aliphatic carbocycles. The number of anilines is 2. The minimum atomic E-state index is -0.365. The van der Waals surface area contributed by atoms with Crippen molar-refractivity contribution in [3.8, 4) is 0 Å². The van der Waals surface area contributed by atoms with Gasteiger partial charge in [0.05, 0.1) is 6.21 Å². The molecule has 0 saturated carbocycles. The maximum Gasteiger partial charge on any atom is 0.271 e. The molecule has 1 aromatic heterocycles. The molecule has 1 saturated heterocycles. The van der Waals surface area contributed by atoms with Crippen LogP contribution in [0.2, 0.25) is 0 Å². The lowest BCUT2D eigenvalue weighted by Crippen LogP contribution is -2.28. The summed E-state index contributed by atoms with van der Waals surface area (Å²) >= 11 is 0. The van der Waals surface area contributed by atoms with Crippen molar-refractivity contribution in [3.63, 3.8) is 0 Å². The Morgan fingerprint density at radius 3 is 2.73 bits per heavy atom. The lowest BCUT2D eigenvalue weighted by Gasteiger charge is -2.25. The molecular weight excluding hydrogens is 332 g/mol. The van der Waals surface area contributed by atoms with Crippen molar-refractivity contribution >= 4 is 29.6 Å². The van der Waals surface area contributed by atoms with E-state index in [1.54, 1.807) is 24.3 Å². The maximum atomic E-state index is 12.1. The molecule has 0 atom stereocenters. The zero-order chi connectivity index (χ0) is 18.4. The van der Waals surface area contributed by atoms with Crippen LogP contribution in [0.4, 0.5) is 11.6 Å². The highest BCUT2D eigenvalue weighted by atomic mass is 16.4. The quantitative estimate of drug-likeness (QED) is 0.638. The molecule has 1 aliphatic heterocycles. The number of hydrogen-bond acceptors (Lipinski definition) is 5. The van der Waals surface area contributed by atoms with Gasteiger partial charge in [-0.25, -0.2) is 5.43 Å². The molecular formula is C19H22N4O3. The summed E-state index contributed by atoms with van der Waals surface area (Å²) in [5, 5.41) is 6.58. The van der Waals surface area contributed by atoms with E-state index in [4.69, 9.17) is 4.42 Å². The molecule has 0 unspecified atom stereocenters. The van der Waals surface area contributed by atoms with E-state index < -0.39 is 0 Å². The molecule has 26 heavy (non-hydrogen) atoms. The van der Waals surface area contributed by atoms with E-state index in [0.29, 0.717) is 17.0 Å². The summed E-state index contributed by atoms with van der Waals surface area (Å²) in [7, 11) is 0. The van der Waals surface area contributed by atoms with Crippen LogP contribution in [0.25, 0.3) is 0 Å².